The van der Waals surface area contributed by atoms with E-state index in [1.807, 2.05) is 12.4 Å². The van der Waals surface area contributed by atoms with Gasteiger partial charge in [-0.05, 0) is 75.5 Å². The Kier molecular flexibility index (Phi) is 3.14. The predicted molar refractivity (Wildman–Crippen MR) is 142 cm³/mol. The molecular formula is C32H19N3. The fourth-order valence-corrected chi connectivity index (χ4v) is 6.76. The second-order valence-electron chi connectivity index (χ2n) is 9.78. The Morgan fingerprint density at radius 2 is 1.29 bits per heavy atom. The third-order valence-electron chi connectivity index (χ3n) is 8.12. The maximum absolute atomic E-state index is 5.26. The zero-order chi connectivity index (χ0) is 22.7. The molecular weight excluding hydrogens is 426 g/mol. The highest BCUT2D eigenvalue weighted by Gasteiger charge is 2.33. The average Bonchev–Trinajstić information content (AvgIpc) is 3.60. The van der Waals surface area contributed by atoms with Crippen molar-refractivity contribution in [2.24, 2.45) is 0 Å². The van der Waals surface area contributed by atoms with Crippen molar-refractivity contribution in [1.82, 2.24) is 14.4 Å². The molecule has 35 heavy (non-hydrogen) atoms. The van der Waals surface area contributed by atoms with Crippen LogP contribution in [-0.4, -0.2) is 14.4 Å². The summed E-state index contributed by atoms with van der Waals surface area (Å²) in [6.45, 7) is 0. The molecule has 0 radical (unpaired) electrons. The van der Waals surface area contributed by atoms with Gasteiger partial charge in [0, 0.05) is 22.4 Å². The van der Waals surface area contributed by atoms with E-state index in [0.717, 1.165) is 35.0 Å². The molecule has 2 aliphatic carbocycles. The minimum absolute atomic E-state index is 0.985. The van der Waals surface area contributed by atoms with E-state index in [4.69, 9.17) is 4.98 Å². The number of hydrogen-bond acceptors (Lipinski definition) is 2. The molecule has 3 heteroatoms. The molecule has 0 saturated carbocycles. The minimum Gasteiger partial charge on any atom is -0.290 e. The molecule has 3 nitrogen and oxygen atoms in total. The summed E-state index contributed by atoms with van der Waals surface area (Å²) in [4.78, 5) is 9.81. The molecule has 3 aromatic heterocycles. The fraction of sp³-hybridized carbons (Fsp3) is 0.0625. The summed E-state index contributed by atoms with van der Waals surface area (Å²) in [5.41, 5.74) is 15.6. The molecule has 0 aliphatic heterocycles. The topological polar surface area (TPSA) is 30.2 Å². The average molecular weight is 446 g/mol. The highest BCUT2D eigenvalue weighted by molar-refractivity contribution is 6.25. The van der Waals surface area contributed by atoms with E-state index in [9.17, 15) is 0 Å². The Morgan fingerprint density at radius 1 is 0.629 bits per heavy atom. The molecule has 0 bridgehead atoms. The van der Waals surface area contributed by atoms with E-state index in [1.54, 1.807) is 0 Å². The molecule has 4 aromatic carbocycles. The van der Waals surface area contributed by atoms with E-state index in [0.29, 0.717) is 0 Å². The van der Waals surface area contributed by atoms with Crippen LogP contribution in [0.2, 0.25) is 0 Å². The Bertz CT molecular complexity index is 2060. The Hall–Kier alpha value is -4.50. The van der Waals surface area contributed by atoms with Crippen LogP contribution in [0.3, 0.4) is 0 Å². The number of nitrogens with zero attached hydrogens (tertiary/aromatic N) is 3. The molecule has 0 spiro atoms. The van der Waals surface area contributed by atoms with Crippen LogP contribution in [0.5, 0.6) is 0 Å². The normalized spacial score (nSPS) is 13.5. The van der Waals surface area contributed by atoms with Crippen molar-refractivity contribution < 1.29 is 0 Å². The molecule has 0 amide bonds. The third kappa shape index (κ3) is 2.08. The van der Waals surface area contributed by atoms with Gasteiger partial charge < -0.3 is 0 Å². The second-order valence-corrected chi connectivity index (χ2v) is 9.78. The van der Waals surface area contributed by atoms with Crippen LogP contribution in [-0.2, 0) is 12.8 Å². The molecule has 162 valence electrons. The van der Waals surface area contributed by atoms with Gasteiger partial charge in [0.25, 0.3) is 0 Å². The summed E-state index contributed by atoms with van der Waals surface area (Å²) in [5, 5.41) is 3.83. The summed E-state index contributed by atoms with van der Waals surface area (Å²) in [6.07, 6.45) is 5.91. The maximum Gasteiger partial charge on any atom is 0.147 e. The van der Waals surface area contributed by atoms with Crippen LogP contribution in [0.15, 0.2) is 91.3 Å². The van der Waals surface area contributed by atoms with Gasteiger partial charge in [0.2, 0.25) is 0 Å². The maximum atomic E-state index is 5.26. The van der Waals surface area contributed by atoms with Gasteiger partial charge in [0.15, 0.2) is 0 Å². The lowest BCUT2D eigenvalue weighted by molar-refractivity contribution is 1.17. The highest BCUT2D eigenvalue weighted by Crippen LogP contribution is 2.54. The van der Waals surface area contributed by atoms with Gasteiger partial charge in [0.1, 0.15) is 5.65 Å². The number of hydrogen-bond donors (Lipinski definition) is 0. The summed E-state index contributed by atoms with van der Waals surface area (Å²) in [6, 6.07) is 28.5. The van der Waals surface area contributed by atoms with Crippen LogP contribution in [0.25, 0.3) is 60.6 Å². The molecule has 0 fully saturated rings. The monoisotopic (exact) mass is 445 g/mol. The first-order valence-corrected chi connectivity index (χ1v) is 12.2. The SMILES string of the molecule is c1ccc2c(c1)Cc1c3c(c4c(c1-2)c1ccncc1n1c2ccccc2nc41)-c1ccccc1C3. The van der Waals surface area contributed by atoms with E-state index in [-0.39, 0.29) is 0 Å². The third-order valence-corrected chi connectivity index (χ3v) is 8.12. The summed E-state index contributed by atoms with van der Waals surface area (Å²) < 4.78 is 2.33. The van der Waals surface area contributed by atoms with Crippen molar-refractivity contribution in [3.05, 3.63) is 114 Å². The van der Waals surface area contributed by atoms with Gasteiger partial charge in [-0.2, -0.15) is 0 Å². The van der Waals surface area contributed by atoms with E-state index in [1.165, 1.54) is 60.7 Å². The molecule has 9 rings (SSSR count). The Morgan fingerprint density at radius 3 is 2.06 bits per heavy atom. The van der Waals surface area contributed by atoms with Crippen molar-refractivity contribution in [3.8, 4) is 22.3 Å². The van der Waals surface area contributed by atoms with Gasteiger partial charge >= 0.3 is 0 Å². The number of imidazole rings is 1. The summed E-state index contributed by atoms with van der Waals surface area (Å²) >= 11 is 0. The predicted octanol–water partition coefficient (Wildman–Crippen LogP) is 7.33. The highest BCUT2D eigenvalue weighted by atomic mass is 15.0. The van der Waals surface area contributed by atoms with Gasteiger partial charge in [-0.15, -0.1) is 0 Å². The summed E-state index contributed by atoms with van der Waals surface area (Å²) in [5.74, 6) is 0. The van der Waals surface area contributed by atoms with Gasteiger partial charge in [-0.25, -0.2) is 4.98 Å². The molecule has 7 aromatic rings. The first-order chi connectivity index (χ1) is 17.4. The minimum atomic E-state index is 0.985. The van der Waals surface area contributed by atoms with Crippen LogP contribution in [0.1, 0.15) is 22.3 Å². The number of fused-ring (bicyclic) bond motifs is 17. The molecule has 0 N–H and O–H groups in total. The molecule has 3 heterocycles. The van der Waals surface area contributed by atoms with Crippen LogP contribution >= 0.6 is 0 Å². The molecule has 0 atom stereocenters. The van der Waals surface area contributed by atoms with Crippen LogP contribution in [0, 0.1) is 0 Å². The van der Waals surface area contributed by atoms with Crippen LogP contribution < -0.4 is 0 Å². The smallest absolute Gasteiger partial charge is 0.147 e. The lowest BCUT2D eigenvalue weighted by atomic mass is 9.88. The van der Waals surface area contributed by atoms with Crippen LogP contribution in [0.4, 0.5) is 0 Å². The lowest BCUT2D eigenvalue weighted by Crippen LogP contribution is -1.99. The van der Waals surface area contributed by atoms with E-state index < -0.39 is 0 Å². The van der Waals surface area contributed by atoms with Gasteiger partial charge in [0.05, 0.1) is 22.7 Å². The number of aromatic nitrogens is 3. The van der Waals surface area contributed by atoms with Gasteiger partial charge in [-0.1, -0.05) is 60.7 Å². The number of rotatable bonds is 0. The van der Waals surface area contributed by atoms with Crippen molar-refractivity contribution in [2.45, 2.75) is 12.8 Å². The van der Waals surface area contributed by atoms with Crippen molar-refractivity contribution in [1.29, 1.82) is 0 Å². The first kappa shape index (κ1) is 17.9. The quantitative estimate of drug-likeness (QED) is 0.229. The zero-order valence-corrected chi connectivity index (χ0v) is 18.9. The number of para-hydroxylation sites is 2. The van der Waals surface area contributed by atoms with Crippen molar-refractivity contribution >= 4 is 38.4 Å². The van der Waals surface area contributed by atoms with Crippen molar-refractivity contribution in [2.75, 3.05) is 0 Å². The molecule has 0 saturated heterocycles. The number of benzene rings is 4. The standard InChI is InChI=1S/C32H19N3/c1-3-9-20-18(7-1)15-23-24-16-19-8-2-4-10-21(19)29(24)31-30(28(20)23)22-13-14-33-17-27(22)35-26-12-6-5-11-25(26)34-32(31)35/h1-14,17H,15-16H2. The number of pyridine rings is 2. The molecule has 2 aliphatic rings. The Labute approximate surface area is 201 Å². The Balaban J connectivity index is 1.65. The largest absolute Gasteiger partial charge is 0.290 e. The molecule has 0 unspecified atom stereocenters. The van der Waals surface area contributed by atoms with E-state index >= 15 is 0 Å². The first-order valence-electron chi connectivity index (χ1n) is 12.2. The summed E-state index contributed by atoms with van der Waals surface area (Å²) in [7, 11) is 0. The van der Waals surface area contributed by atoms with Crippen molar-refractivity contribution in [3.63, 3.8) is 0 Å². The fourth-order valence-electron chi connectivity index (χ4n) is 6.76. The lowest BCUT2D eigenvalue weighted by Gasteiger charge is -2.18. The zero-order valence-electron chi connectivity index (χ0n) is 18.9. The van der Waals surface area contributed by atoms with E-state index in [2.05, 4.69) is 88.2 Å². The van der Waals surface area contributed by atoms with Gasteiger partial charge in [-0.3, -0.25) is 9.38 Å². The second kappa shape index (κ2) is 6.13.